The Kier molecular flexibility index (Phi) is 4.10. The molecule has 1 aromatic heterocycles. The van der Waals surface area contributed by atoms with E-state index in [0.717, 1.165) is 55.3 Å². The number of fused-ring (bicyclic) bond motifs is 1. The van der Waals surface area contributed by atoms with E-state index >= 15 is 0 Å². The van der Waals surface area contributed by atoms with Crippen molar-refractivity contribution in [1.82, 2.24) is 15.1 Å². The lowest BCUT2D eigenvalue weighted by atomic mass is 10.2. The fourth-order valence-electron chi connectivity index (χ4n) is 2.69. The van der Waals surface area contributed by atoms with Crippen molar-refractivity contribution in [3.05, 3.63) is 23.4 Å². The first kappa shape index (κ1) is 13.7. The highest BCUT2D eigenvalue weighted by Gasteiger charge is 2.19. The Balaban J connectivity index is 1.75. The molecule has 2 aromatic rings. The van der Waals surface area contributed by atoms with Crippen LogP contribution in [0, 0.1) is 0 Å². The molecule has 0 spiro atoms. The van der Waals surface area contributed by atoms with Crippen LogP contribution in [0.4, 0.5) is 5.69 Å². The Morgan fingerprint density at radius 1 is 1.30 bits per heavy atom. The molecule has 0 bridgehead atoms. The molecule has 20 heavy (non-hydrogen) atoms. The number of benzene rings is 1. The monoisotopic (exact) mass is 294 g/mol. The second-order valence-corrected chi connectivity index (χ2v) is 5.51. The second-order valence-electron chi connectivity index (χ2n) is 5.08. The van der Waals surface area contributed by atoms with Crippen LogP contribution in [0.5, 0.6) is 0 Å². The van der Waals surface area contributed by atoms with E-state index in [1.807, 2.05) is 18.3 Å². The fraction of sp³-hybridized carbons (Fsp3) is 0.500. The van der Waals surface area contributed by atoms with Gasteiger partial charge >= 0.3 is 0 Å². The van der Waals surface area contributed by atoms with Crippen molar-refractivity contribution in [3.8, 4) is 0 Å². The highest BCUT2D eigenvalue weighted by molar-refractivity contribution is 6.31. The van der Waals surface area contributed by atoms with E-state index in [4.69, 9.17) is 16.3 Å². The SMILES string of the molecule is COCCN1CCN(c2cc(Cl)cc3[nH]ncc23)CC1. The molecule has 6 heteroatoms. The van der Waals surface area contributed by atoms with Crippen molar-refractivity contribution >= 4 is 28.2 Å². The number of aromatic nitrogens is 2. The number of hydrogen-bond donors (Lipinski definition) is 1. The van der Waals surface area contributed by atoms with Crippen LogP contribution in [0.2, 0.25) is 5.02 Å². The zero-order valence-corrected chi connectivity index (χ0v) is 12.4. The average molecular weight is 295 g/mol. The normalized spacial score (nSPS) is 17.0. The maximum atomic E-state index is 6.20. The number of halogens is 1. The third kappa shape index (κ3) is 2.75. The van der Waals surface area contributed by atoms with E-state index in [-0.39, 0.29) is 0 Å². The average Bonchev–Trinajstić information content (AvgIpc) is 2.93. The molecule has 1 aliphatic heterocycles. The summed E-state index contributed by atoms with van der Waals surface area (Å²) < 4.78 is 5.13. The fourth-order valence-corrected chi connectivity index (χ4v) is 2.91. The van der Waals surface area contributed by atoms with Crippen LogP contribution < -0.4 is 4.90 Å². The number of hydrogen-bond acceptors (Lipinski definition) is 4. The van der Waals surface area contributed by atoms with Gasteiger partial charge in [0.25, 0.3) is 0 Å². The van der Waals surface area contributed by atoms with Gasteiger partial charge in [-0.05, 0) is 12.1 Å². The first-order valence-corrected chi connectivity index (χ1v) is 7.24. The largest absolute Gasteiger partial charge is 0.383 e. The van der Waals surface area contributed by atoms with Gasteiger partial charge in [-0.15, -0.1) is 0 Å². The molecule has 1 aromatic carbocycles. The minimum absolute atomic E-state index is 0.749. The van der Waals surface area contributed by atoms with Crippen molar-refractivity contribution in [1.29, 1.82) is 0 Å². The van der Waals surface area contributed by atoms with Crippen molar-refractivity contribution in [2.75, 3.05) is 51.3 Å². The predicted octanol–water partition coefficient (Wildman–Crippen LogP) is 1.98. The van der Waals surface area contributed by atoms with Crippen LogP contribution in [0.15, 0.2) is 18.3 Å². The maximum absolute atomic E-state index is 6.20. The summed E-state index contributed by atoms with van der Waals surface area (Å²) >= 11 is 6.20. The van der Waals surface area contributed by atoms with E-state index in [1.54, 1.807) is 7.11 Å². The Morgan fingerprint density at radius 3 is 2.85 bits per heavy atom. The van der Waals surface area contributed by atoms with Gasteiger partial charge in [-0.2, -0.15) is 5.10 Å². The van der Waals surface area contributed by atoms with Crippen LogP contribution in [-0.2, 0) is 4.74 Å². The number of nitrogens with zero attached hydrogens (tertiary/aromatic N) is 3. The van der Waals surface area contributed by atoms with E-state index in [1.165, 1.54) is 5.69 Å². The third-order valence-corrected chi connectivity index (χ3v) is 4.04. The molecular weight excluding hydrogens is 276 g/mol. The molecule has 0 atom stereocenters. The van der Waals surface area contributed by atoms with Gasteiger partial charge in [-0.3, -0.25) is 10.00 Å². The molecule has 1 saturated heterocycles. The highest BCUT2D eigenvalue weighted by atomic mass is 35.5. The molecule has 0 amide bonds. The lowest BCUT2D eigenvalue weighted by molar-refractivity contribution is 0.144. The van der Waals surface area contributed by atoms with Crippen LogP contribution in [-0.4, -0.2) is 61.5 Å². The second kappa shape index (κ2) is 5.99. The van der Waals surface area contributed by atoms with Gasteiger partial charge in [0, 0.05) is 55.9 Å². The molecular formula is C14H19ClN4O. The quantitative estimate of drug-likeness (QED) is 0.936. The Hall–Kier alpha value is -1.30. The standard InChI is InChI=1S/C14H19ClN4O/c1-20-7-6-18-2-4-19(5-3-18)14-9-11(15)8-13-12(14)10-16-17-13/h8-10H,2-7H2,1H3,(H,16,17). The molecule has 1 aliphatic rings. The van der Waals surface area contributed by atoms with Crippen LogP contribution in [0.1, 0.15) is 0 Å². The summed E-state index contributed by atoms with van der Waals surface area (Å²) in [6.45, 7) is 5.91. The highest BCUT2D eigenvalue weighted by Crippen LogP contribution is 2.30. The molecule has 1 N–H and O–H groups in total. The van der Waals surface area contributed by atoms with Gasteiger partial charge < -0.3 is 9.64 Å². The summed E-state index contributed by atoms with van der Waals surface area (Å²) in [6, 6.07) is 3.95. The van der Waals surface area contributed by atoms with Gasteiger partial charge in [0.1, 0.15) is 0 Å². The van der Waals surface area contributed by atoms with Crippen LogP contribution in [0.3, 0.4) is 0 Å². The maximum Gasteiger partial charge on any atom is 0.0686 e. The number of anilines is 1. The lowest BCUT2D eigenvalue weighted by Gasteiger charge is -2.36. The molecule has 1 fully saturated rings. The van der Waals surface area contributed by atoms with Gasteiger partial charge in [-0.25, -0.2) is 0 Å². The molecule has 0 aliphatic carbocycles. The van der Waals surface area contributed by atoms with Crippen molar-refractivity contribution in [3.63, 3.8) is 0 Å². The van der Waals surface area contributed by atoms with Crippen LogP contribution >= 0.6 is 11.6 Å². The van der Waals surface area contributed by atoms with E-state index < -0.39 is 0 Å². The molecule has 2 heterocycles. The van der Waals surface area contributed by atoms with Crippen molar-refractivity contribution in [2.45, 2.75) is 0 Å². The third-order valence-electron chi connectivity index (χ3n) is 3.83. The first-order valence-electron chi connectivity index (χ1n) is 6.87. The number of methoxy groups -OCH3 is 1. The molecule has 108 valence electrons. The summed E-state index contributed by atoms with van der Waals surface area (Å²) in [4.78, 5) is 4.81. The molecule has 0 unspecified atom stereocenters. The molecule has 3 rings (SSSR count). The number of ether oxygens (including phenoxy) is 1. The number of aromatic amines is 1. The predicted molar refractivity (Wildman–Crippen MR) is 81.6 cm³/mol. The molecule has 0 saturated carbocycles. The van der Waals surface area contributed by atoms with Crippen molar-refractivity contribution in [2.24, 2.45) is 0 Å². The molecule has 0 radical (unpaired) electrons. The van der Waals surface area contributed by atoms with Crippen LogP contribution in [0.25, 0.3) is 10.9 Å². The van der Waals surface area contributed by atoms with E-state index in [0.29, 0.717) is 0 Å². The van der Waals surface area contributed by atoms with E-state index in [9.17, 15) is 0 Å². The molecule has 5 nitrogen and oxygen atoms in total. The smallest absolute Gasteiger partial charge is 0.0686 e. The van der Waals surface area contributed by atoms with Crippen molar-refractivity contribution < 1.29 is 4.74 Å². The first-order chi connectivity index (χ1) is 9.78. The van der Waals surface area contributed by atoms with Gasteiger partial charge in [0.2, 0.25) is 0 Å². The van der Waals surface area contributed by atoms with Gasteiger partial charge in [0.05, 0.1) is 18.3 Å². The lowest BCUT2D eigenvalue weighted by Crippen LogP contribution is -2.47. The summed E-state index contributed by atoms with van der Waals surface area (Å²) in [7, 11) is 1.75. The summed E-state index contributed by atoms with van der Waals surface area (Å²) in [5.74, 6) is 0. The summed E-state index contributed by atoms with van der Waals surface area (Å²) in [5.41, 5.74) is 2.17. The Bertz CT molecular complexity index is 578. The number of H-pyrrole nitrogens is 1. The van der Waals surface area contributed by atoms with E-state index in [2.05, 4.69) is 20.0 Å². The summed E-state index contributed by atoms with van der Waals surface area (Å²) in [6.07, 6.45) is 1.87. The zero-order valence-electron chi connectivity index (χ0n) is 11.6. The Morgan fingerprint density at radius 2 is 2.10 bits per heavy atom. The number of piperazine rings is 1. The number of nitrogens with one attached hydrogen (secondary N) is 1. The minimum atomic E-state index is 0.749. The topological polar surface area (TPSA) is 44.4 Å². The van der Waals surface area contributed by atoms with Gasteiger partial charge in [0.15, 0.2) is 0 Å². The zero-order chi connectivity index (χ0) is 13.9. The Labute approximate surface area is 123 Å². The number of rotatable bonds is 4. The van der Waals surface area contributed by atoms with Gasteiger partial charge in [-0.1, -0.05) is 11.6 Å². The minimum Gasteiger partial charge on any atom is -0.383 e. The summed E-state index contributed by atoms with van der Waals surface area (Å²) in [5, 5.41) is 8.99.